The highest BCUT2D eigenvalue weighted by atomic mass is 16.5. The molecule has 1 aliphatic carbocycles. The normalized spacial score (nSPS) is 33.6. The lowest BCUT2D eigenvalue weighted by atomic mass is 9.90. The molecule has 0 spiro atoms. The molecule has 0 bridgehead atoms. The van der Waals surface area contributed by atoms with E-state index in [1.165, 1.54) is 0 Å². The number of nitrogens with two attached hydrogens (primary N) is 1. The molecule has 0 aliphatic heterocycles. The third kappa shape index (κ3) is 3.23. The van der Waals surface area contributed by atoms with E-state index in [1.54, 1.807) is 7.11 Å². The third-order valence-electron chi connectivity index (χ3n) is 3.37. The molecule has 3 nitrogen and oxygen atoms in total. The van der Waals surface area contributed by atoms with Crippen LogP contribution in [0, 0.1) is 0 Å². The number of rotatable bonds is 4. The Kier molecular flexibility index (Phi) is 3.56. The summed E-state index contributed by atoms with van der Waals surface area (Å²) in [7, 11) is 1.71. The van der Waals surface area contributed by atoms with Gasteiger partial charge in [0.1, 0.15) is 0 Å². The van der Waals surface area contributed by atoms with Crippen LogP contribution < -0.4 is 5.73 Å². The second-order valence-electron chi connectivity index (χ2n) is 5.19. The van der Waals surface area contributed by atoms with Gasteiger partial charge >= 0.3 is 0 Å². The molecule has 3 N–H and O–H groups in total. The van der Waals surface area contributed by atoms with Gasteiger partial charge < -0.3 is 15.6 Å². The van der Waals surface area contributed by atoms with Crippen molar-refractivity contribution < 1.29 is 9.84 Å². The number of hydrogen-bond acceptors (Lipinski definition) is 3. The monoisotopic (exact) mass is 201 g/mol. The van der Waals surface area contributed by atoms with Crippen LogP contribution in [0.2, 0.25) is 0 Å². The molecule has 2 unspecified atom stereocenters. The third-order valence-corrected chi connectivity index (χ3v) is 3.37. The van der Waals surface area contributed by atoms with Crippen LogP contribution in [0.3, 0.4) is 0 Å². The summed E-state index contributed by atoms with van der Waals surface area (Å²) in [4.78, 5) is 0. The zero-order chi connectivity index (χ0) is 10.8. The molecule has 1 rings (SSSR count). The fourth-order valence-corrected chi connectivity index (χ4v) is 2.01. The maximum absolute atomic E-state index is 10.2. The highest BCUT2D eigenvalue weighted by Crippen LogP contribution is 2.34. The molecule has 0 heterocycles. The van der Waals surface area contributed by atoms with Gasteiger partial charge in [0.2, 0.25) is 0 Å². The Bertz CT molecular complexity index is 194. The summed E-state index contributed by atoms with van der Waals surface area (Å²) in [5, 5.41) is 10.2. The molecule has 84 valence electrons. The predicted octanol–water partition coefficient (Wildman–Crippen LogP) is 1.43. The Hall–Kier alpha value is -0.120. The van der Waals surface area contributed by atoms with E-state index in [0.717, 1.165) is 32.1 Å². The van der Waals surface area contributed by atoms with E-state index in [0.29, 0.717) is 0 Å². The zero-order valence-corrected chi connectivity index (χ0v) is 9.55. The Morgan fingerprint density at radius 1 is 1.57 bits per heavy atom. The van der Waals surface area contributed by atoms with Crippen LogP contribution in [0.15, 0.2) is 0 Å². The first kappa shape index (κ1) is 12.0. The summed E-state index contributed by atoms with van der Waals surface area (Å²) in [5.41, 5.74) is 5.12. The quantitative estimate of drug-likeness (QED) is 0.723. The molecule has 0 aromatic rings. The predicted molar refractivity (Wildman–Crippen MR) is 57.1 cm³/mol. The average molecular weight is 201 g/mol. The first-order valence-corrected chi connectivity index (χ1v) is 5.40. The second-order valence-corrected chi connectivity index (χ2v) is 5.19. The molecule has 3 heteroatoms. The van der Waals surface area contributed by atoms with E-state index in [1.807, 2.05) is 13.8 Å². The first-order chi connectivity index (χ1) is 6.37. The Labute approximate surface area is 86.6 Å². The first-order valence-electron chi connectivity index (χ1n) is 5.40. The summed E-state index contributed by atoms with van der Waals surface area (Å²) < 4.78 is 5.33. The summed E-state index contributed by atoms with van der Waals surface area (Å²) in [6.07, 6.45) is 4.21. The van der Waals surface area contributed by atoms with E-state index < -0.39 is 5.60 Å². The van der Waals surface area contributed by atoms with Crippen molar-refractivity contribution in [2.75, 3.05) is 7.11 Å². The van der Waals surface area contributed by atoms with Crippen molar-refractivity contribution in [2.45, 2.75) is 63.2 Å². The van der Waals surface area contributed by atoms with Crippen molar-refractivity contribution in [1.29, 1.82) is 0 Å². The lowest BCUT2D eigenvalue weighted by molar-refractivity contribution is -0.0238. The molecule has 0 aromatic carbocycles. The van der Waals surface area contributed by atoms with Crippen molar-refractivity contribution in [3.05, 3.63) is 0 Å². The molecule has 0 saturated heterocycles. The molecule has 0 amide bonds. The molecule has 0 radical (unpaired) electrons. The van der Waals surface area contributed by atoms with Gasteiger partial charge in [-0.3, -0.25) is 0 Å². The molecule has 1 aliphatic rings. The lowest BCUT2D eigenvalue weighted by Crippen LogP contribution is -2.32. The van der Waals surface area contributed by atoms with Crippen LogP contribution in [0.25, 0.3) is 0 Å². The summed E-state index contributed by atoms with van der Waals surface area (Å²) in [5.74, 6) is 0. The molecular weight excluding hydrogens is 178 g/mol. The van der Waals surface area contributed by atoms with E-state index in [-0.39, 0.29) is 11.6 Å². The smallest absolute Gasteiger partial charge is 0.0664 e. The van der Waals surface area contributed by atoms with Crippen molar-refractivity contribution in [3.8, 4) is 0 Å². The number of ether oxygens (including phenoxy) is 1. The summed E-state index contributed by atoms with van der Waals surface area (Å²) in [6, 6.07) is 0.186. The van der Waals surface area contributed by atoms with Gasteiger partial charge in [-0.15, -0.1) is 0 Å². The van der Waals surface area contributed by atoms with Gasteiger partial charge in [-0.2, -0.15) is 0 Å². The largest absolute Gasteiger partial charge is 0.390 e. The molecule has 2 atom stereocenters. The van der Waals surface area contributed by atoms with Gasteiger partial charge in [0.05, 0.1) is 11.2 Å². The van der Waals surface area contributed by atoms with Gasteiger partial charge in [0, 0.05) is 13.2 Å². The molecule has 0 aromatic heterocycles. The number of methoxy groups -OCH3 is 1. The zero-order valence-electron chi connectivity index (χ0n) is 9.55. The molecule has 1 saturated carbocycles. The van der Waals surface area contributed by atoms with Crippen LogP contribution in [0.1, 0.15) is 46.0 Å². The van der Waals surface area contributed by atoms with E-state index in [2.05, 4.69) is 0 Å². The molecule has 1 fully saturated rings. The van der Waals surface area contributed by atoms with Gasteiger partial charge in [-0.25, -0.2) is 0 Å². The minimum atomic E-state index is -0.533. The van der Waals surface area contributed by atoms with E-state index >= 15 is 0 Å². The number of hydrogen-bond donors (Lipinski definition) is 2. The Morgan fingerprint density at radius 2 is 2.21 bits per heavy atom. The van der Waals surface area contributed by atoms with Gasteiger partial charge in [-0.1, -0.05) is 0 Å². The molecule has 14 heavy (non-hydrogen) atoms. The maximum atomic E-state index is 10.2. The Balaban J connectivity index is 2.37. The summed E-state index contributed by atoms with van der Waals surface area (Å²) in [6.45, 7) is 4.09. The fraction of sp³-hybridized carbons (Fsp3) is 1.00. The SMILES string of the molecule is COC(C)(C)CCC1(O)CCC(N)C1. The minimum Gasteiger partial charge on any atom is -0.390 e. The second kappa shape index (κ2) is 4.17. The van der Waals surface area contributed by atoms with Crippen molar-refractivity contribution >= 4 is 0 Å². The van der Waals surface area contributed by atoms with Gasteiger partial charge in [0.25, 0.3) is 0 Å². The lowest BCUT2D eigenvalue weighted by Gasteiger charge is -2.29. The van der Waals surface area contributed by atoms with Crippen LogP contribution in [0.4, 0.5) is 0 Å². The topological polar surface area (TPSA) is 55.5 Å². The summed E-state index contributed by atoms with van der Waals surface area (Å²) >= 11 is 0. The van der Waals surface area contributed by atoms with Gasteiger partial charge in [-0.05, 0) is 46.0 Å². The van der Waals surface area contributed by atoms with Crippen LogP contribution >= 0.6 is 0 Å². The average Bonchev–Trinajstić information content (AvgIpc) is 2.45. The van der Waals surface area contributed by atoms with Crippen molar-refractivity contribution in [2.24, 2.45) is 5.73 Å². The van der Waals surface area contributed by atoms with Crippen LogP contribution in [0.5, 0.6) is 0 Å². The standard InChI is InChI=1S/C11H23NO2/c1-10(2,14-3)6-7-11(13)5-4-9(12)8-11/h9,13H,4-8,12H2,1-3H3. The minimum absolute atomic E-state index is 0.136. The van der Waals surface area contributed by atoms with E-state index in [4.69, 9.17) is 10.5 Å². The van der Waals surface area contributed by atoms with Crippen molar-refractivity contribution in [3.63, 3.8) is 0 Å². The highest BCUT2D eigenvalue weighted by Gasteiger charge is 2.36. The number of aliphatic hydroxyl groups is 1. The fourth-order valence-electron chi connectivity index (χ4n) is 2.01. The van der Waals surface area contributed by atoms with E-state index in [9.17, 15) is 5.11 Å². The highest BCUT2D eigenvalue weighted by molar-refractivity contribution is 4.92. The van der Waals surface area contributed by atoms with Crippen LogP contribution in [-0.2, 0) is 4.74 Å². The maximum Gasteiger partial charge on any atom is 0.0664 e. The van der Waals surface area contributed by atoms with Gasteiger partial charge in [0.15, 0.2) is 0 Å². The Morgan fingerprint density at radius 3 is 2.64 bits per heavy atom. The molecular formula is C11H23NO2. The van der Waals surface area contributed by atoms with Crippen molar-refractivity contribution in [1.82, 2.24) is 0 Å². The van der Waals surface area contributed by atoms with Crippen LogP contribution in [-0.4, -0.2) is 29.5 Å².